The SMILES string of the molecule is CCN(CC)CC.O=C(NNC(=O)C(F)(F)S(=O)(=O)NS(=O)(=O)C(F)(F)F)C(F)(F)S(=O)(=O)NS(=O)(=O)C(F)(F)F. The minimum absolute atomic E-state index is 0.00300. The minimum Gasteiger partial charge on any atom is -0.304 e. The van der Waals surface area contributed by atoms with Gasteiger partial charge in [-0.3, -0.25) is 20.4 Å². The molecule has 0 unspecified atom stereocenters. The Kier molecular flexibility index (Phi) is 13.5. The van der Waals surface area contributed by atoms with Gasteiger partial charge in [0.25, 0.3) is 0 Å². The molecule has 0 atom stereocenters. The normalized spacial score (nSPS) is 14.2. The molecule has 0 aromatic heterocycles. The number of nitrogens with zero attached hydrogens (tertiary/aromatic N) is 1. The van der Waals surface area contributed by atoms with Gasteiger partial charge in [-0.2, -0.15) is 43.9 Å². The van der Waals surface area contributed by atoms with E-state index in [1.165, 1.54) is 19.6 Å². The van der Waals surface area contributed by atoms with Gasteiger partial charge in [-0.15, -0.1) is 0 Å². The maximum Gasteiger partial charge on any atom is 0.512 e. The summed E-state index contributed by atoms with van der Waals surface area (Å²) in [5, 5.41) is -12.7. The summed E-state index contributed by atoms with van der Waals surface area (Å²) in [5.41, 5.74) is -13.1. The maximum atomic E-state index is 13.5. The van der Waals surface area contributed by atoms with Crippen LogP contribution in [0, 0.1) is 0 Å². The molecule has 0 aromatic carbocycles. The van der Waals surface area contributed by atoms with Crippen molar-refractivity contribution in [1.82, 2.24) is 24.0 Å². The number of sulfonamides is 4. The van der Waals surface area contributed by atoms with Crippen molar-refractivity contribution < 1.29 is 87.2 Å². The van der Waals surface area contributed by atoms with Gasteiger partial charge in [-0.05, 0) is 19.6 Å². The first kappa shape index (κ1) is 41.1. The van der Waals surface area contributed by atoms with Crippen molar-refractivity contribution in [2.75, 3.05) is 19.6 Å². The highest BCUT2D eigenvalue weighted by Crippen LogP contribution is 2.28. The summed E-state index contributed by atoms with van der Waals surface area (Å²) >= 11 is 0. The predicted octanol–water partition coefficient (Wildman–Crippen LogP) is -0.794. The minimum atomic E-state index is -7.23. The van der Waals surface area contributed by atoms with E-state index in [0.717, 1.165) is 0 Å². The Morgan fingerprint density at radius 3 is 0.878 bits per heavy atom. The van der Waals surface area contributed by atoms with Gasteiger partial charge in [0.2, 0.25) is 0 Å². The highest BCUT2D eigenvalue weighted by Gasteiger charge is 2.61. The van der Waals surface area contributed by atoms with E-state index < -0.39 is 81.7 Å². The fraction of sp³-hybridized carbons (Fsp3) is 0.833. The molecule has 0 aliphatic heterocycles. The van der Waals surface area contributed by atoms with Crippen LogP contribution < -0.4 is 19.1 Å². The molecule has 0 bridgehead atoms. The van der Waals surface area contributed by atoms with Crippen LogP contribution in [0.3, 0.4) is 0 Å². The standard InChI is InChI=1S/C6H4F10N4O10S4.C6H15N/c7-3(8,31(23,24)19-33(27,28)5(11,12)13)1(21)17-18-2(22)4(9,10)32(25,26)20-34(29,30)6(14,15)16;1-4-7(5-2)6-3/h19-20H,(H,17,21)(H,18,22);4-6H2,1-3H3. The Labute approximate surface area is 225 Å². The van der Waals surface area contributed by atoms with E-state index in [4.69, 9.17) is 0 Å². The first-order valence-electron chi connectivity index (χ1n) is 9.58. The highest BCUT2D eigenvalue weighted by molar-refractivity contribution is 8.06. The third-order valence-corrected chi connectivity index (χ3v) is 10.3. The molecular weight excluding hydrogens is 692 g/mol. The first-order chi connectivity index (χ1) is 17.8. The molecule has 0 aliphatic carbocycles. The lowest BCUT2D eigenvalue weighted by molar-refractivity contribution is -0.144. The molecule has 0 spiro atoms. The Hall–Kier alpha value is -2.08. The fourth-order valence-corrected chi connectivity index (χ4v) is 6.16. The van der Waals surface area contributed by atoms with Gasteiger partial charge in [0.05, 0.1) is 0 Å². The quantitative estimate of drug-likeness (QED) is 0.154. The van der Waals surface area contributed by atoms with Crippen molar-refractivity contribution in [1.29, 1.82) is 0 Å². The molecule has 246 valence electrons. The summed E-state index contributed by atoms with van der Waals surface area (Å²) in [6.45, 7) is 10.1. The van der Waals surface area contributed by atoms with Crippen LogP contribution in [0.25, 0.3) is 0 Å². The second-order valence-corrected chi connectivity index (χ2v) is 13.9. The van der Waals surface area contributed by atoms with Crippen LogP contribution in [0.4, 0.5) is 43.9 Å². The zero-order valence-electron chi connectivity index (χ0n) is 20.1. The predicted molar refractivity (Wildman–Crippen MR) is 114 cm³/mol. The van der Waals surface area contributed by atoms with Crippen molar-refractivity contribution in [3.63, 3.8) is 0 Å². The molecule has 0 fully saturated rings. The van der Waals surface area contributed by atoms with E-state index in [9.17, 15) is 87.2 Å². The maximum absolute atomic E-state index is 13.5. The Morgan fingerprint density at radius 2 is 0.732 bits per heavy atom. The van der Waals surface area contributed by atoms with Crippen molar-refractivity contribution in [3.8, 4) is 0 Å². The van der Waals surface area contributed by atoms with Crippen LogP contribution in [0.2, 0.25) is 0 Å². The van der Waals surface area contributed by atoms with Crippen LogP contribution in [-0.2, 0) is 49.7 Å². The third-order valence-electron chi connectivity index (χ3n) is 3.88. The highest BCUT2D eigenvalue weighted by atomic mass is 32.3. The van der Waals surface area contributed by atoms with E-state index in [-0.39, 0.29) is 10.9 Å². The van der Waals surface area contributed by atoms with Gasteiger partial charge in [-0.25, -0.2) is 33.7 Å². The van der Waals surface area contributed by atoms with E-state index in [2.05, 4.69) is 25.7 Å². The van der Waals surface area contributed by atoms with Gasteiger partial charge >= 0.3 is 73.4 Å². The summed E-state index contributed by atoms with van der Waals surface area (Å²) in [5.74, 6) is -7.23. The number of carbonyl (C=O) groups is 2. The van der Waals surface area contributed by atoms with Gasteiger partial charge in [0.1, 0.15) is 0 Å². The van der Waals surface area contributed by atoms with E-state index in [0.29, 0.717) is 0 Å². The molecule has 15 nitrogen and oxygen atoms in total. The van der Waals surface area contributed by atoms with Crippen LogP contribution in [0.5, 0.6) is 0 Å². The first-order valence-corrected chi connectivity index (χ1v) is 15.5. The topological polar surface area (TPSA) is 222 Å². The van der Waals surface area contributed by atoms with E-state index in [1.807, 2.05) is 0 Å². The van der Waals surface area contributed by atoms with Crippen LogP contribution in [-0.4, -0.2) is 91.5 Å². The lowest BCUT2D eigenvalue weighted by Crippen LogP contribution is -2.60. The Balaban J connectivity index is 0. The summed E-state index contributed by atoms with van der Waals surface area (Å²) in [6.07, 6.45) is 0. The summed E-state index contributed by atoms with van der Waals surface area (Å²) < 4.78 is 212. The average Bonchev–Trinajstić information content (AvgIpc) is 2.75. The molecule has 0 aromatic rings. The summed E-state index contributed by atoms with van der Waals surface area (Å²) in [4.78, 5) is 24.5. The molecule has 2 amide bonds. The number of halogens is 10. The summed E-state index contributed by atoms with van der Waals surface area (Å²) in [7, 11) is -28.7. The van der Waals surface area contributed by atoms with Crippen molar-refractivity contribution >= 4 is 51.9 Å². The molecule has 0 saturated carbocycles. The number of hydrogen-bond acceptors (Lipinski definition) is 11. The number of hydrazine groups is 1. The summed E-state index contributed by atoms with van der Waals surface area (Å²) in [6, 6.07) is 0. The van der Waals surface area contributed by atoms with E-state index >= 15 is 0 Å². The second kappa shape index (κ2) is 13.5. The van der Waals surface area contributed by atoms with Gasteiger partial charge in [0, 0.05) is 0 Å². The van der Waals surface area contributed by atoms with Crippen molar-refractivity contribution in [3.05, 3.63) is 0 Å². The molecular formula is C12H19F10N5O10S4. The number of alkyl halides is 10. The van der Waals surface area contributed by atoms with Crippen LogP contribution >= 0.6 is 0 Å². The lowest BCUT2D eigenvalue weighted by Gasteiger charge is -2.20. The number of carbonyl (C=O) groups excluding carboxylic acids is 2. The molecule has 0 saturated heterocycles. The molecule has 0 aliphatic rings. The van der Waals surface area contributed by atoms with Gasteiger partial charge in [0.15, 0.2) is 0 Å². The average molecular weight is 712 g/mol. The van der Waals surface area contributed by atoms with Crippen molar-refractivity contribution in [2.45, 2.75) is 42.3 Å². The lowest BCUT2D eigenvalue weighted by atomic mass is 10.5. The van der Waals surface area contributed by atoms with E-state index in [1.54, 1.807) is 0 Å². The molecule has 0 heterocycles. The second-order valence-electron chi connectivity index (χ2n) is 6.63. The van der Waals surface area contributed by atoms with Crippen molar-refractivity contribution in [2.24, 2.45) is 0 Å². The number of nitrogens with one attached hydrogen (secondary N) is 4. The molecule has 0 rings (SSSR count). The number of rotatable bonds is 11. The monoisotopic (exact) mass is 711 g/mol. The number of amides is 2. The zero-order chi connectivity index (χ0) is 33.7. The Morgan fingerprint density at radius 1 is 0.512 bits per heavy atom. The fourth-order valence-electron chi connectivity index (χ4n) is 1.66. The zero-order valence-corrected chi connectivity index (χ0v) is 23.3. The smallest absolute Gasteiger partial charge is 0.304 e. The number of hydrogen-bond donors (Lipinski definition) is 4. The molecule has 29 heteroatoms. The molecule has 0 radical (unpaired) electrons. The molecule has 41 heavy (non-hydrogen) atoms. The largest absolute Gasteiger partial charge is 0.512 e. The third kappa shape index (κ3) is 10.3. The van der Waals surface area contributed by atoms with Gasteiger partial charge < -0.3 is 4.90 Å². The molecule has 4 N–H and O–H groups in total. The Bertz CT molecular complexity index is 1270. The van der Waals surface area contributed by atoms with Crippen LogP contribution in [0.15, 0.2) is 0 Å². The van der Waals surface area contributed by atoms with Gasteiger partial charge in [-0.1, -0.05) is 29.0 Å². The van der Waals surface area contributed by atoms with Crippen LogP contribution in [0.1, 0.15) is 20.8 Å².